The molecule has 1 aromatic carbocycles. The van der Waals surface area contributed by atoms with E-state index in [4.69, 9.17) is 10.5 Å². The second-order valence-corrected chi connectivity index (χ2v) is 5.47. The summed E-state index contributed by atoms with van der Waals surface area (Å²) in [6, 6.07) is 9.82. The molecule has 0 spiro atoms. The van der Waals surface area contributed by atoms with Gasteiger partial charge in [-0.1, -0.05) is 41.7 Å². The lowest BCUT2D eigenvalue weighted by atomic mass is 10.1. The third-order valence-electron chi connectivity index (χ3n) is 3.16. The van der Waals surface area contributed by atoms with E-state index in [9.17, 15) is 0 Å². The van der Waals surface area contributed by atoms with Crippen molar-refractivity contribution in [1.29, 1.82) is 0 Å². The predicted octanol–water partition coefficient (Wildman–Crippen LogP) is 2.09. The Labute approximate surface area is 110 Å². The smallest absolute Gasteiger partial charge is 0.138 e. The van der Waals surface area contributed by atoms with Crippen LogP contribution in [0.15, 0.2) is 30.3 Å². The van der Waals surface area contributed by atoms with Gasteiger partial charge in [-0.05, 0) is 12.0 Å². The molecule has 2 aromatic rings. The van der Waals surface area contributed by atoms with Crippen molar-refractivity contribution in [3.8, 4) is 0 Å². The summed E-state index contributed by atoms with van der Waals surface area (Å²) in [5.41, 5.74) is 7.28. The first kappa shape index (κ1) is 11.8. The minimum Gasteiger partial charge on any atom is -0.381 e. The summed E-state index contributed by atoms with van der Waals surface area (Å²) in [4.78, 5) is 0. The lowest BCUT2D eigenvalue weighted by molar-refractivity contribution is 0.194. The fraction of sp³-hybridized carbons (Fsp3) is 0.385. The lowest BCUT2D eigenvalue weighted by Crippen LogP contribution is -2.11. The Morgan fingerprint density at radius 2 is 2.11 bits per heavy atom. The molecular weight excluding hydrogens is 246 g/mol. The second-order valence-electron chi connectivity index (χ2n) is 4.43. The van der Waals surface area contributed by atoms with Gasteiger partial charge in [-0.2, -0.15) is 0 Å². The molecule has 1 aromatic heterocycles. The summed E-state index contributed by atoms with van der Waals surface area (Å²) < 4.78 is 5.37. The van der Waals surface area contributed by atoms with E-state index in [0.717, 1.165) is 35.2 Å². The Bertz CT molecular complexity index is 508. The average Bonchev–Trinajstić information content (AvgIpc) is 3.09. The zero-order valence-electron chi connectivity index (χ0n) is 9.95. The number of nitrogens with two attached hydrogens (primary N) is 1. The van der Waals surface area contributed by atoms with E-state index in [2.05, 4.69) is 10.2 Å². The first-order chi connectivity index (χ1) is 8.84. The van der Waals surface area contributed by atoms with Gasteiger partial charge in [0.15, 0.2) is 0 Å². The van der Waals surface area contributed by atoms with Crippen LogP contribution in [0.1, 0.15) is 34.0 Å². The highest BCUT2D eigenvalue weighted by atomic mass is 32.1. The number of hydrogen-bond donors (Lipinski definition) is 1. The van der Waals surface area contributed by atoms with Gasteiger partial charge in [-0.15, -0.1) is 10.2 Å². The molecule has 4 nitrogen and oxygen atoms in total. The SMILES string of the molecule is NC(c1ccccc1)c1nnc(C2CCOC2)s1. The van der Waals surface area contributed by atoms with Crippen molar-refractivity contribution in [2.45, 2.75) is 18.4 Å². The standard InChI is InChI=1S/C13H15N3OS/c14-11(9-4-2-1-3-5-9)13-16-15-12(18-13)10-6-7-17-8-10/h1-5,10-11H,6-8,14H2. The van der Waals surface area contributed by atoms with Crippen molar-refractivity contribution >= 4 is 11.3 Å². The normalized spacial score (nSPS) is 21.1. The maximum atomic E-state index is 6.20. The summed E-state index contributed by atoms with van der Waals surface area (Å²) in [5, 5.41) is 10.4. The molecule has 2 heterocycles. The van der Waals surface area contributed by atoms with Crippen LogP contribution in [0.2, 0.25) is 0 Å². The third kappa shape index (κ3) is 2.29. The van der Waals surface area contributed by atoms with Crippen molar-refractivity contribution in [1.82, 2.24) is 10.2 Å². The zero-order chi connectivity index (χ0) is 12.4. The van der Waals surface area contributed by atoms with Crippen LogP contribution in [-0.2, 0) is 4.74 Å². The zero-order valence-corrected chi connectivity index (χ0v) is 10.8. The second kappa shape index (κ2) is 5.14. The van der Waals surface area contributed by atoms with E-state index in [1.807, 2.05) is 30.3 Å². The van der Waals surface area contributed by atoms with Gasteiger partial charge in [0.2, 0.25) is 0 Å². The quantitative estimate of drug-likeness (QED) is 0.919. The lowest BCUT2D eigenvalue weighted by Gasteiger charge is -2.07. The van der Waals surface area contributed by atoms with Crippen LogP contribution >= 0.6 is 11.3 Å². The summed E-state index contributed by atoms with van der Waals surface area (Å²) >= 11 is 1.61. The Balaban J connectivity index is 1.80. The van der Waals surface area contributed by atoms with Crippen molar-refractivity contribution in [3.05, 3.63) is 45.9 Å². The summed E-state index contributed by atoms with van der Waals surface area (Å²) in [5.74, 6) is 0.402. The predicted molar refractivity (Wildman–Crippen MR) is 70.6 cm³/mol. The maximum Gasteiger partial charge on any atom is 0.138 e. The van der Waals surface area contributed by atoms with Gasteiger partial charge in [-0.25, -0.2) is 0 Å². The molecule has 0 radical (unpaired) electrons. The summed E-state index contributed by atoms with van der Waals surface area (Å²) in [6.45, 7) is 1.58. The monoisotopic (exact) mass is 261 g/mol. The Morgan fingerprint density at radius 1 is 1.28 bits per heavy atom. The molecule has 94 valence electrons. The molecule has 0 bridgehead atoms. The van der Waals surface area contributed by atoms with Crippen LogP contribution in [-0.4, -0.2) is 23.4 Å². The first-order valence-corrected chi connectivity index (χ1v) is 6.88. The van der Waals surface area contributed by atoms with E-state index in [1.54, 1.807) is 11.3 Å². The molecule has 2 N–H and O–H groups in total. The van der Waals surface area contributed by atoms with Crippen molar-refractivity contribution in [2.24, 2.45) is 5.73 Å². The molecule has 1 aliphatic rings. The number of hydrogen-bond acceptors (Lipinski definition) is 5. The topological polar surface area (TPSA) is 61.0 Å². The first-order valence-electron chi connectivity index (χ1n) is 6.06. The fourth-order valence-electron chi connectivity index (χ4n) is 2.07. The van der Waals surface area contributed by atoms with Crippen molar-refractivity contribution < 1.29 is 4.74 Å². The minimum absolute atomic E-state index is 0.181. The Hall–Kier alpha value is -1.30. The average molecular weight is 261 g/mol. The van der Waals surface area contributed by atoms with Crippen LogP contribution in [0.3, 0.4) is 0 Å². The molecule has 0 aliphatic carbocycles. The Morgan fingerprint density at radius 3 is 2.83 bits per heavy atom. The molecule has 1 fully saturated rings. The molecule has 18 heavy (non-hydrogen) atoms. The van der Waals surface area contributed by atoms with E-state index in [1.165, 1.54) is 0 Å². The highest BCUT2D eigenvalue weighted by Gasteiger charge is 2.23. The summed E-state index contributed by atoms with van der Waals surface area (Å²) in [7, 11) is 0. The fourth-order valence-corrected chi connectivity index (χ4v) is 3.06. The van der Waals surface area contributed by atoms with E-state index < -0.39 is 0 Å². The molecule has 3 rings (SSSR count). The van der Waals surface area contributed by atoms with Gasteiger partial charge in [0.25, 0.3) is 0 Å². The van der Waals surface area contributed by atoms with Gasteiger partial charge in [0.05, 0.1) is 12.6 Å². The van der Waals surface area contributed by atoms with E-state index in [-0.39, 0.29) is 6.04 Å². The van der Waals surface area contributed by atoms with Crippen molar-refractivity contribution in [3.63, 3.8) is 0 Å². The third-order valence-corrected chi connectivity index (χ3v) is 4.33. The van der Waals surface area contributed by atoms with Crippen LogP contribution in [0, 0.1) is 0 Å². The summed E-state index contributed by atoms with van der Waals surface area (Å²) in [6.07, 6.45) is 1.04. The maximum absolute atomic E-state index is 6.20. The van der Waals surface area contributed by atoms with Crippen LogP contribution < -0.4 is 5.73 Å². The number of aromatic nitrogens is 2. The number of nitrogens with zero attached hydrogens (tertiary/aromatic N) is 2. The van der Waals surface area contributed by atoms with E-state index >= 15 is 0 Å². The minimum atomic E-state index is -0.181. The van der Waals surface area contributed by atoms with Gasteiger partial charge < -0.3 is 10.5 Å². The molecule has 1 aliphatic heterocycles. The molecule has 1 saturated heterocycles. The molecule has 0 amide bonds. The largest absolute Gasteiger partial charge is 0.381 e. The van der Waals surface area contributed by atoms with E-state index in [0.29, 0.717) is 5.92 Å². The van der Waals surface area contributed by atoms with Gasteiger partial charge in [0, 0.05) is 12.5 Å². The molecule has 2 atom stereocenters. The molecule has 2 unspecified atom stereocenters. The van der Waals surface area contributed by atoms with Gasteiger partial charge >= 0.3 is 0 Å². The Kier molecular flexibility index (Phi) is 3.36. The van der Waals surface area contributed by atoms with Crippen LogP contribution in [0.25, 0.3) is 0 Å². The van der Waals surface area contributed by atoms with Crippen LogP contribution in [0.5, 0.6) is 0 Å². The molecular formula is C13H15N3OS. The van der Waals surface area contributed by atoms with Crippen molar-refractivity contribution in [2.75, 3.05) is 13.2 Å². The highest BCUT2D eigenvalue weighted by Crippen LogP contribution is 2.30. The molecule has 5 heteroatoms. The number of rotatable bonds is 3. The van der Waals surface area contributed by atoms with Crippen LogP contribution in [0.4, 0.5) is 0 Å². The number of ether oxygens (including phenoxy) is 1. The van der Waals surface area contributed by atoms with Gasteiger partial charge in [-0.3, -0.25) is 0 Å². The molecule has 0 saturated carbocycles. The van der Waals surface area contributed by atoms with Gasteiger partial charge in [0.1, 0.15) is 10.0 Å². The highest BCUT2D eigenvalue weighted by molar-refractivity contribution is 7.11. The number of benzene rings is 1.